The fourth-order valence-corrected chi connectivity index (χ4v) is 1.78. The van der Waals surface area contributed by atoms with Gasteiger partial charge in [0.2, 0.25) is 0 Å². The lowest BCUT2D eigenvalue weighted by Crippen LogP contribution is -2.37. The number of methoxy groups -OCH3 is 1. The molecular weight excluding hydrogens is 241 g/mol. The van der Waals surface area contributed by atoms with Crippen LogP contribution in [-0.2, 0) is 11.3 Å². The molecule has 0 heterocycles. The Morgan fingerprint density at radius 1 is 1.41 bits per heavy atom. The Hall–Kier alpha value is -0.640. The Morgan fingerprint density at radius 2 is 2.12 bits per heavy atom. The summed E-state index contributed by atoms with van der Waals surface area (Å²) in [6, 6.07) is 4.79. The molecule has 0 saturated carbocycles. The summed E-state index contributed by atoms with van der Waals surface area (Å²) in [7, 11) is 1.66. The molecule has 1 aromatic rings. The number of rotatable bonds is 6. The summed E-state index contributed by atoms with van der Waals surface area (Å²) in [5, 5.41) is 3.83. The van der Waals surface area contributed by atoms with Gasteiger partial charge in [-0.3, -0.25) is 0 Å². The van der Waals surface area contributed by atoms with Gasteiger partial charge in [-0.25, -0.2) is 4.39 Å². The van der Waals surface area contributed by atoms with E-state index in [1.165, 1.54) is 6.07 Å². The summed E-state index contributed by atoms with van der Waals surface area (Å²) < 4.78 is 18.6. The fraction of sp³-hybridized carbons (Fsp3) is 0.538. The molecule has 1 unspecified atom stereocenters. The molecule has 1 atom stereocenters. The smallest absolute Gasteiger partial charge is 0.127 e. The number of halogens is 2. The van der Waals surface area contributed by atoms with Crippen LogP contribution < -0.4 is 5.32 Å². The molecule has 0 fully saturated rings. The lowest BCUT2D eigenvalue weighted by molar-refractivity contribution is 0.146. The molecule has 0 aliphatic rings. The molecule has 0 bridgehead atoms. The quantitative estimate of drug-likeness (QED) is 0.847. The van der Waals surface area contributed by atoms with Crippen LogP contribution in [0.2, 0.25) is 5.02 Å². The molecule has 1 rings (SSSR count). The molecule has 1 aromatic carbocycles. The zero-order valence-electron chi connectivity index (χ0n) is 10.5. The minimum Gasteiger partial charge on any atom is -0.383 e. The highest BCUT2D eigenvalue weighted by molar-refractivity contribution is 6.30. The highest BCUT2D eigenvalue weighted by atomic mass is 35.5. The van der Waals surface area contributed by atoms with Crippen LogP contribution in [0.1, 0.15) is 19.4 Å². The van der Waals surface area contributed by atoms with E-state index >= 15 is 0 Å². The highest BCUT2D eigenvalue weighted by Crippen LogP contribution is 2.15. The van der Waals surface area contributed by atoms with Crippen LogP contribution in [0.25, 0.3) is 0 Å². The van der Waals surface area contributed by atoms with E-state index in [1.807, 2.05) is 0 Å². The third-order valence-electron chi connectivity index (χ3n) is 2.71. The summed E-state index contributed by atoms with van der Waals surface area (Å²) in [6.45, 7) is 5.27. The first-order valence-corrected chi connectivity index (χ1v) is 6.08. The van der Waals surface area contributed by atoms with Gasteiger partial charge in [-0.1, -0.05) is 25.4 Å². The predicted octanol–water partition coefficient (Wildman–Crippen LogP) is 3.24. The molecule has 0 spiro atoms. The molecule has 0 aliphatic heterocycles. The Morgan fingerprint density at radius 3 is 2.71 bits per heavy atom. The lowest BCUT2D eigenvalue weighted by atomic mass is 10.0. The second kappa shape index (κ2) is 6.94. The largest absolute Gasteiger partial charge is 0.383 e. The van der Waals surface area contributed by atoms with Gasteiger partial charge in [0.1, 0.15) is 5.82 Å². The minimum atomic E-state index is -0.234. The van der Waals surface area contributed by atoms with E-state index < -0.39 is 0 Å². The van der Waals surface area contributed by atoms with Crippen LogP contribution in [-0.4, -0.2) is 19.8 Å². The number of ether oxygens (including phenoxy) is 1. The van der Waals surface area contributed by atoms with Crippen molar-refractivity contribution >= 4 is 11.6 Å². The van der Waals surface area contributed by atoms with Gasteiger partial charge < -0.3 is 10.1 Å². The van der Waals surface area contributed by atoms with Crippen LogP contribution >= 0.6 is 11.6 Å². The molecule has 96 valence electrons. The molecule has 0 aromatic heterocycles. The van der Waals surface area contributed by atoms with E-state index in [4.69, 9.17) is 16.3 Å². The number of benzene rings is 1. The van der Waals surface area contributed by atoms with E-state index in [1.54, 1.807) is 19.2 Å². The monoisotopic (exact) mass is 259 g/mol. The van der Waals surface area contributed by atoms with E-state index in [-0.39, 0.29) is 11.9 Å². The van der Waals surface area contributed by atoms with Crippen LogP contribution in [0, 0.1) is 11.7 Å². The van der Waals surface area contributed by atoms with Crippen LogP contribution in [0.15, 0.2) is 18.2 Å². The average molecular weight is 260 g/mol. The van der Waals surface area contributed by atoms with Gasteiger partial charge in [0.15, 0.2) is 0 Å². The summed E-state index contributed by atoms with van der Waals surface area (Å²) in [4.78, 5) is 0. The SMILES string of the molecule is COCC(NCc1cc(Cl)ccc1F)C(C)C. The lowest BCUT2D eigenvalue weighted by Gasteiger charge is -2.21. The van der Waals surface area contributed by atoms with E-state index in [9.17, 15) is 4.39 Å². The first-order valence-electron chi connectivity index (χ1n) is 5.70. The zero-order valence-corrected chi connectivity index (χ0v) is 11.2. The Kier molecular flexibility index (Phi) is 5.89. The number of hydrogen-bond acceptors (Lipinski definition) is 2. The van der Waals surface area contributed by atoms with Gasteiger partial charge >= 0.3 is 0 Å². The summed E-state index contributed by atoms with van der Waals surface area (Å²) in [6.07, 6.45) is 0. The molecule has 4 heteroatoms. The van der Waals surface area contributed by atoms with Crippen LogP contribution in [0.3, 0.4) is 0 Å². The molecule has 0 radical (unpaired) electrons. The van der Waals surface area contributed by atoms with Gasteiger partial charge in [0.05, 0.1) is 6.61 Å². The second-order valence-electron chi connectivity index (χ2n) is 4.42. The minimum absolute atomic E-state index is 0.207. The van der Waals surface area contributed by atoms with Crippen molar-refractivity contribution in [2.45, 2.75) is 26.4 Å². The maximum atomic E-state index is 13.5. The normalized spacial score (nSPS) is 13.1. The molecule has 17 heavy (non-hydrogen) atoms. The van der Waals surface area contributed by atoms with Crippen LogP contribution in [0.5, 0.6) is 0 Å². The third-order valence-corrected chi connectivity index (χ3v) is 2.95. The Balaban J connectivity index is 2.61. The third kappa shape index (κ3) is 4.62. The van der Waals surface area contributed by atoms with Crippen molar-refractivity contribution in [1.29, 1.82) is 0 Å². The van der Waals surface area contributed by atoms with Crippen molar-refractivity contribution in [1.82, 2.24) is 5.32 Å². The summed E-state index contributed by atoms with van der Waals surface area (Å²) >= 11 is 5.84. The van der Waals surface area contributed by atoms with Gasteiger partial charge in [0.25, 0.3) is 0 Å². The summed E-state index contributed by atoms with van der Waals surface area (Å²) in [5.41, 5.74) is 0.583. The standard InChI is InChI=1S/C13H19ClFNO/c1-9(2)13(8-17-3)16-7-10-6-11(14)4-5-12(10)15/h4-6,9,13,16H,7-8H2,1-3H3. The highest BCUT2D eigenvalue weighted by Gasteiger charge is 2.13. The molecule has 1 N–H and O–H groups in total. The molecule has 0 aliphatic carbocycles. The second-order valence-corrected chi connectivity index (χ2v) is 4.86. The molecule has 0 saturated heterocycles. The maximum absolute atomic E-state index is 13.5. The predicted molar refractivity (Wildman–Crippen MR) is 68.8 cm³/mol. The van der Waals surface area contributed by atoms with Crippen molar-refractivity contribution in [3.8, 4) is 0 Å². The first-order chi connectivity index (χ1) is 8.04. The Bertz CT molecular complexity index is 357. The van der Waals surface area contributed by atoms with E-state index in [0.717, 1.165) is 0 Å². The van der Waals surface area contributed by atoms with Crippen LogP contribution in [0.4, 0.5) is 4.39 Å². The van der Waals surface area contributed by atoms with Crippen molar-refractivity contribution in [2.75, 3.05) is 13.7 Å². The van der Waals surface area contributed by atoms with Crippen molar-refractivity contribution in [3.63, 3.8) is 0 Å². The maximum Gasteiger partial charge on any atom is 0.127 e. The van der Waals surface area contributed by atoms with Gasteiger partial charge in [-0.2, -0.15) is 0 Å². The van der Waals surface area contributed by atoms with E-state index in [2.05, 4.69) is 19.2 Å². The van der Waals surface area contributed by atoms with Gasteiger partial charge in [0, 0.05) is 30.3 Å². The van der Waals surface area contributed by atoms with Crippen molar-refractivity contribution < 1.29 is 9.13 Å². The van der Waals surface area contributed by atoms with Crippen molar-refractivity contribution in [3.05, 3.63) is 34.6 Å². The number of nitrogens with one attached hydrogen (secondary N) is 1. The van der Waals surface area contributed by atoms with E-state index in [0.29, 0.717) is 29.7 Å². The zero-order chi connectivity index (χ0) is 12.8. The van der Waals surface area contributed by atoms with Crippen molar-refractivity contribution in [2.24, 2.45) is 5.92 Å². The molecule has 2 nitrogen and oxygen atoms in total. The van der Waals surface area contributed by atoms with Gasteiger partial charge in [-0.05, 0) is 24.1 Å². The van der Waals surface area contributed by atoms with Gasteiger partial charge in [-0.15, -0.1) is 0 Å². The number of hydrogen-bond donors (Lipinski definition) is 1. The Labute approximate surface area is 107 Å². The molecular formula is C13H19ClFNO. The fourth-order valence-electron chi connectivity index (χ4n) is 1.59. The average Bonchev–Trinajstić information content (AvgIpc) is 2.28. The topological polar surface area (TPSA) is 21.3 Å². The first kappa shape index (κ1) is 14.4. The molecule has 0 amide bonds. The summed E-state index contributed by atoms with van der Waals surface area (Å²) in [5.74, 6) is 0.194.